The monoisotopic (exact) mass is 704 g/mol. The van der Waals surface area contributed by atoms with E-state index in [1.807, 2.05) is 20.8 Å². The summed E-state index contributed by atoms with van der Waals surface area (Å²) in [6.07, 6.45) is -6.42. The van der Waals surface area contributed by atoms with Gasteiger partial charge in [-0.1, -0.05) is 0 Å². The van der Waals surface area contributed by atoms with Gasteiger partial charge in [0.25, 0.3) is 11.6 Å². The highest BCUT2D eigenvalue weighted by Crippen LogP contribution is 2.20. The number of alkyl halides is 6. The van der Waals surface area contributed by atoms with Crippen LogP contribution in [0.25, 0.3) is 0 Å². The molecule has 0 aliphatic carbocycles. The third-order valence-corrected chi connectivity index (χ3v) is 6.33. The van der Waals surface area contributed by atoms with Crippen LogP contribution in [0.3, 0.4) is 0 Å². The summed E-state index contributed by atoms with van der Waals surface area (Å²) in [7, 11) is 1.19. The molecule has 0 atom stereocenters. The van der Waals surface area contributed by atoms with Gasteiger partial charge in [-0.05, 0) is 81.1 Å². The Morgan fingerprint density at radius 2 is 1.04 bits per heavy atom. The number of ether oxygens (including phenoxy) is 3. The Morgan fingerprint density at radius 1 is 0.688 bits per heavy atom. The van der Waals surface area contributed by atoms with Crippen molar-refractivity contribution in [1.29, 1.82) is 0 Å². The van der Waals surface area contributed by atoms with E-state index in [9.17, 15) is 45.5 Å². The molecule has 0 spiro atoms. The lowest BCUT2D eigenvalue weighted by Crippen LogP contribution is -2.46. The van der Waals surface area contributed by atoms with E-state index in [-0.39, 0.29) is 29.6 Å². The smallest absolute Gasteiger partial charge is 0.454 e. The molecule has 11 nitrogen and oxygen atoms in total. The molecule has 2 heterocycles. The van der Waals surface area contributed by atoms with Gasteiger partial charge in [-0.3, -0.25) is 9.59 Å². The highest BCUT2D eigenvalue weighted by Gasteiger charge is 2.37. The van der Waals surface area contributed by atoms with Crippen LogP contribution in [-0.2, 0) is 23.8 Å². The molecule has 2 amide bonds. The van der Waals surface area contributed by atoms with Crippen LogP contribution >= 0.6 is 0 Å². The summed E-state index contributed by atoms with van der Waals surface area (Å²) in [5.41, 5.74) is 4.94. The number of carbonyl (C=O) groups is 4. The first-order chi connectivity index (χ1) is 21.6. The predicted molar refractivity (Wildman–Crippen MR) is 166 cm³/mol. The Bertz CT molecular complexity index is 1130. The average molecular weight is 705 g/mol. The Hall–Kier alpha value is -3.50. The topological polar surface area (TPSA) is 140 Å². The van der Waals surface area contributed by atoms with E-state index >= 15 is 0 Å². The second-order valence-electron chi connectivity index (χ2n) is 13.2. The molecule has 2 rings (SSSR count). The van der Waals surface area contributed by atoms with Crippen molar-refractivity contribution in [2.45, 2.75) is 117 Å². The van der Waals surface area contributed by atoms with Crippen LogP contribution < -0.4 is 11.1 Å². The quantitative estimate of drug-likeness (QED) is 0.200. The number of methoxy groups -OCH3 is 1. The van der Waals surface area contributed by atoms with Crippen molar-refractivity contribution in [3.05, 3.63) is 23.6 Å². The van der Waals surface area contributed by atoms with Crippen molar-refractivity contribution < 1.29 is 59.7 Å². The summed E-state index contributed by atoms with van der Waals surface area (Å²) in [6.45, 7) is 16.0. The van der Waals surface area contributed by atoms with E-state index in [0.29, 0.717) is 38.1 Å². The van der Waals surface area contributed by atoms with E-state index in [1.54, 1.807) is 30.6 Å². The number of nitrogens with zero attached hydrogens (tertiary/aromatic N) is 2. The van der Waals surface area contributed by atoms with E-state index in [4.69, 9.17) is 15.2 Å². The molecule has 0 aromatic carbocycles. The van der Waals surface area contributed by atoms with Crippen molar-refractivity contribution in [2.75, 3.05) is 33.3 Å². The number of allylic oxidation sites excluding steroid dienone is 4. The number of amides is 2. The van der Waals surface area contributed by atoms with Gasteiger partial charge in [-0.25, -0.2) is 9.59 Å². The summed E-state index contributed by atoms with van der Waals surface area (Å²) in [6, 6.07) is 0.166. The fraction of sp³-hybridized carbons (Fsp3) is 0.742. The van der Waals surface area contributed by atoms with Crippen LogP contribution in [-0.4, -0.2) is 102 Å². The maximum atomic E-state index is 12.2. The van der Waals surface area contributed by atoms with Gasteiger partial charge in [-0.2, -0.15) is 26.3 Å². The SMILES string of the molecule is C/C(=C/C(=O)C(F)(F)F)NC1CCN(C(=O)OC(C)(C)C)CC1.CC(C)(C)OC(=O)N1CCC(N)CC1.CO/C(C)=C\C(=O)C(F)(F)F. The van der Waals surface area contributed by atoms with Crippen LogP contribution in [0.5, 0.6) is 0 Å². The standard InChI is InChI=1S/C15H23F3N2O3.C10H20N2O2.C6H7F3O2/c1-10(9-12(21)15(16,17)18)19-11-5-7-20(8-6-11)13(22)23-14(2,3)4;1-10(2,3)14-9(13)12-6-4-8(11)5-7-12;1-4(11-2)3-5(10)6(7,8)9/h9,11,19H,5-8H2,1-4H3;8H,4-7,11H2,1-3H3;3H,1-2H3/b10-9-;;4-3-. The molecule has 17 heteroatoms. The van der Waals surface area contributed by atoms with E-state index in [2.05, 4.69) is 10.1 Å². The largest absolute Gasteiger partial charge is 0.501 e. The summed E-state index contributed by atoms with van der Waals surface area (Å²) < 4.78 is 85.9. The average Bonchev–Trinajstić information content (AvgIpc) is 2.91. The fourth-order valence-corrected chi connectivity index (χ4v) is 3.91. The van der Waals surface area contributed by atoms with Crippen LogP contribution in [0.4, 0.5) is 35.9 Å². The minimum absolute atomic E-state index is 0.0627. The molecule has 0 bridgehead atoms. The number of rotatable bonds is 5. The van der Waals surface area contributed by atoms with Crippen molar-refractivity contribution in [1.82, 2.24) is 15.1 Å². The van der Waals surface area contributed by atoms with Gasteiger partial charge < -0.3 is 35.1 Å². The number of hydrogen-bond donors (Lipinski definition) is 2. The molecule has 0 aromatic rings. The minimum Gasteiger partial charge on any atom is -0.501 e. The zero-order valence-corrected chi connectivity index (χ0v) is 29.1. The van der Waals surface area contributed by atoms with Crippen molar-refractivity contribution >= 4 is 23.8 Å². The summed E-state index contributed by atoms with van der Waals surface area (Å²) in [5.74, 6) is -3.85. The number of carbonyl (C=O) groups excluding carboxylic acids is 4. The van der Waals surface area contributed by atoms with Gasteiger partial charge >= 0.3 is 24.5 Å². The number of nitrogens with one attached hydrogen (secondary N) is 1. The number of likely N-dealkylation sites (tertiary alicyclic amines) is 2. The zero-order chi connectivity index (χ0) is 37.7. The zero-order valence-electron chi connectivity index (χ0n) is 29.1. The molecular weight excluding hydrogens is 654 g/mol. The first-order valence-electron chi connectivity index (χ1n) is 15.3. The molecule has 0 aromatic heterocycles. The summed E-state index contributed by atoms with van der Waals surface area (Å²) in [4.78, 5) is 47.8. The van der Waals surface area contributed by atoms with Gasteiger partial charge in [0.15, 0.2) is 0 Å². The van der Waals surface area contributed by atoms with Crippen molar-refractivity contribution in [2.24, 2.45) is 5.73 Å². The highest BCUT2D eigenvalue weighted by atomic mass is 19.4. The molecule has 0 radical (unpaired) electrons. The Kier molecular flexibility index (Phi) is 17.5. The lowest BCUT2D eigenvalue weighted by atomic mass is 10.0. The molecule has 2 aliphatic rings. The minimum atomic E-state index is -4.86. The molecule has 48 heavy (non-hydrogen) atoms. The molecule has 2 aliphatic heterocycles. The van der Waals surface area contributed by atoms with Crippen LogP contribution in [0.2, 0.25) is 0 Å². The third-order valence-electron chi connectivity index (χ3n) is 6.33. The van der Waals surface area contributed by atoms with Crippen LogP contribution in [0.1, 0.15) is 81.1 Å². The van der Waals surface area contributed by atoms with Gasteiger partial charge in [-0.15, -0.1) is 0 Å². The number of halogens is 6. The second kappa shape index (κ2) is 18.9. The molecule has 0 unspecified atom stereocenters. The van der Waals surface area contributed by atoms with E-state index < -0.39 is 41.2 Å². The number of ketones is 2. The number of hydrogen-bond acceptors (Lipinski definition) is 9. The first kappa shape index (κ1) is 44.5. The van der Waals surface area contributed by atoms with E-state index in [1.165, 1.54) is 21.0 Å². The Morgan fingerprint density at radius 3 is 1.38 bits per heavy atom. The summed E-state index contributed by atoms with van der Waals surface area (Å²) >= 11 is 0. The van der Waals surface area contributed by atoms with Crippen LogP contribution in [0, 0.1) is 0 Å². The number of nitrogens with two attached hydrogens (primary N) is 1. The fourth-order valence-electron chi connectivity index (χ4n) is 3.91. The molecule has 0 saturated carbocycles. The highest BCUT2D eigenvalue weighted by molar-refractivity contribution is 5.95. The molecule has 3 N–H and O–H groups in total. The molecular formula is C31H50F6N4O7. The van der Waals surface area contributed by atoms with Gasteiger partial charge in [0, 0.05) is 56.1 Å². The van der Waals surface area contributed by atoms with Gasteiger partial charge in [0.05, 0.1) is 12.9 Å². The lowest BCUT2D eigenvalue weighted by molar-refractivity contribution is -0.165. The Labute approximate surface area is 278 Å². The molecule has 278 valence electrons. The lowest BCUT2D eigenvalue weighted by Gasteiger charge is -2.34. The van der Waals surface area contributed by atoms with Crippen LogP contribution in [0.15, 0.2) is 23.6 Å². The third kappa shape index (κ3) is 20.0. The van der Waals surface area contributed by atoms with Gasteiger partial charge in [0.1, 0.15) is 11.2 Å². The second-order valence-corrected chi connectivity index (χ2v) is 13.2. The normalized spacial score (nSPS) is 17.2. The molecule has 2 fully saturated rings. The first-order valence-corrected chi connectivity index (χ1v) is 15.3. The number of piperidine rings is 2. The maximum Gasteiger partial charge on any atom is 0.454 e. The van der Waals surface area contributed by atoms with E-state index in [0.717, 1.165) is 25.9 Å². The van der Waals surface area contributed by atoms with Crippen molar-refractivity contribution in [3.8, 4) is 0 Å². The predicted octanol–water partition coefficient (Wildman–Crippen LogP) is 6.02. The van der Waals surface area contributed by atoms with Gasteiger partial charge in [0.2, 0.25) is 0 Å². The maximum absolute atomic E-state index is 12.2. The Balaban J connectivity index is 0.000000753. The van der Waals surface area contributed by atoms with Crippen molar-refractivity contribution in [3.63, 3.8) is 0 Å². The molecule has 2 saturated heterocycles. The summed E-state index contributed by atoms with van der Waals surface area (Å²) in [5, 5.41) is 2.89.